The maximum atomic E-state index is 12.0. The van der Waals surface area contributed by atoms with Gasteiger partial charge in [0, 0.05) is 29.9 Å². The molecule has 0 unspecified atom stereocenters. The van der Waals surface area contributed by atoms with Crippen molar-refractivity contribution < 1.29 is 22.7 Å². The predicted molar refractivity (Wildman–Crippen MR) is 120 cm³/mol. The molecule has 0 radical (unpaired) electrons. The molecule has 31 heavy (non-hydrogen) atoms. The quantitative estimate of drug-likeness (QED) is 0.577. The molecule has 8 nitrogen and oxygen atoms in total. The molecule has 0 bridgehead atoms. The highest BCUT2D eigenvalue weighted by Gasteiger charge is 2.14. The normalized spacial score (nSPS) is 14.0. The van der Waals surface area contributed by atoms with E-state index < -0.39 is 35.1 Å². The SMILES string of the molecule is O=C(COC(=O)CNS(=O)(=O)/C=C/c1ccccc1)Nc1ccc(N2CCCC2)cc1. The number of hydrogen-bond acceptors (Lipinski definition) is 6. The summed E-state index contributed by atoms with van der Waals surface area (Å²) in [5, 5.41) is 3.61. The summed E-state index contributed by atoms with van der Waals surface area (Å²) in [6.45, 7) is 0.995. The van der Waals surface area contributed by atoms with Gasteiger partial charge in [0.2, 0.25) is 10.0 Å². The topological polar surface area (TPSA) is 105 Å². The van der Waals surface area contributed by atoms with Crippen LogP contribution < -0.4 is 14.9 Å². The molecule has 1 aliphatic rings. The summed E-state index contributed by atoms with van der Waals surface area (Å²) >= 11 is 0. The van der Waals surface area contributed by atoms with Crippen molar-refractivity contribution in [3.8, 4) is 0 Å². The maximum Gasteiger partial charge on any atom is 0.321 e. The number of hydrogen-bond donors (Lipinski definition) is 2. The molecule has 0 spiro atoms. The predicted octanol–water partition coefficient (Wildman–Crippen LogP) is 2.36. The van der Waals surface area contributed by atoms with Gasteiger partial charge in [-0.1, -0.05) is 30.3 Å². The van der Waals surface area contributed by atoms with Crippen LogP contribution in [-0.2, 0) is 24.3 Å². The van der Waals surface area contributed by atoms with Gasteiger partial charge in [-0.05, 0) is 48.7 Å². The lowest BCUT2D eigenvalue weighted by Gasteiger charge is -2.17. The first-order valence-corrected chi connectivity index (χ1v) is 11.5. The lowest BCUT2D eigenvalue weighted by atomic mass is 10.2. The van der Waals surface area contributed by atoms with E-state index in [0.29, 0.717) is 11.3 Å². The number of nitrogens with one attached hydrogen (secondary N) is 2. The molecule has 0 atom stereocenters. The monoisotopic (exact) mass is 443 g/mol. The lowest BCUT2D eigenvalue weighted by Crippen LogP contribution is -2.31. The Morgan fingerprint density at radius 3 is 2.35 bits per heavy atom. The summed E-state index contributed by atoms with van der Waals surface area (Å²) in [7, 11) is -3.81. The van der Waals surface area contributed by atoms with Gasteiger partial charge in [-0.15, -0.1) is 0 Å². The summed E-state index contributed by atoms with van der Waals surface area (Å²) in [6, 6.07) is 16.3. The van der Waals surface area contributed by atoms with E-state index in [-0.39, 0.29) is 0 Å². The number of carbonyl (C=O) groups is 2. The largest absolute Gasteiger partial charge is 0.455 e. The number of benzene rings is 2. The van der Waals surface area contributed by atoms with Gasteiger partial charge in [-0.2, -0.15) is 0 Å². The Morgan fingerprint density at radius 1 is 1.00 bits per heavy atom. The Labute approximate surface area is 181 Å². The zero-order valence-corrected chi connectivity index (χ0v) is 17.8. The van der Waals surface area contributed by atoms with Crippen LogP contribution in [0.5, 0.6) is 0 Å². The average molecular weight is 444 g/mol. The van der Waals surface area contributed by atoms with Gasteiger partial charge in [0.25, 0.3) is 5.91 Å². The third kappa shape index (κ3) is 7.54. The highest BCUT2D eigenvalue weighted by molar-refractivity contribution is 7.92. The van der Waals surface area contributed by atoms with Crippen LogP contribution in [0.1, 0.15) is 18.4 Å². The third-order valence-electron chi connectivity index (χ3n) is 4.64. The van der Waals surface area contributed by atoms with Gasteiger partial charge in [0.15, 0.2) is 6.61 Å². The molecule has 9 heteroatoms. The van der Waals surface area contributed by atoms with Gasteiger partial charge < -0.3 is 15.0 Å². The minimum Gasteiger partial charge on any atom is -0.455 e. The molecule has 0 aromatic heterocycles. The number of esters is 1. The van der Waals surface area contributed by atoms with Crippen LogP contribution in [0.3, 0.4) is 0 Å². The van der Waals surface area contributed by atoms with E-state index in [4.69, 9.17) is 4.74 Å². The number of nitrogens with zero attached hydrogens (tertiary/aromatic N) is 1. The Kier molecular flexibility index (Phi) is 7.80. The fraction of sp³-hybridized carbons (Fsp3) is 0.273. The van der Waals surface area contributed by atoms with Crippen LogP contribution in [0.15, 0.2) is 60.0 Å². The Morgan fingerprint density at radius 2 is 1.68 bits per heavy atom. The van der Waals surface area contributed by atoms with Crippen molar-refractivity contribution >= 4 is 39.4 Å². The molecule has 1 amide bonds. The molecule has 3 rings (SSSR count). The number of carbonyl (C=O) groups excluding carboxylic acids is 2. The van der Waals surface area contributed by atoms with Crippen molar-refractivity contribution in [2.45, 2.75) is 12.8 Å². The second kappa shape index (κ2) is 10.7. The summed E-state index contributed by atoms with van der Waals surface area (Å²) in [4.78, 5) is 26.0. The standard InChI is InChI=1S/C22H25N3O5S/c26-21(24-19-8-10-20(11-9-19)25-13-4-5-14-25)17-30-22(27)16-23-31(28,29)15-12-18-6-2-1-3-7-18/h1-3,6-12,15,23H,4-5,13-14,16-17H2,(H,24,26)/b15-12+. The first-order valence-electron chi connectivity index (χ1n) is 9.94. The van der Waals surface area contributed by atoms with E-state index in [0.717, 1.165) is 24.2 Å². The van der Waals surface area contributed by atoms with E-state index in [1.165, 1.54) is 18.9 Å². The molecule has 1 heterocycles. The summed E-state index contributed by atoms with van der Waals surface area (Å²) in [6.07, 6.45) is 3.78. The first kappa shape index (κ1) is 22.5. The van der Waals surface area contributed by atoms with Crippen molar-refractivity contribution in [3.05, 3.63) is 65.6 Å². The van der Waals surface area contributed by atoms with Gasteiger partial charge in [-0.25, -0.2) is 13.1 Å². The molecule has 1 saturated heterocycles. The third-order valence-corrected chi connectivity index (χ3v) is 5.68. The van der Waals surface area contributed by atoms with Gasteiger partial charge in [-0.3, -0.25) is 9.59 Å². The fourth-order valence-corrected chi connectivity index (χ4v) is 3.82. The Hall–Kier alpha value is -3.17. The summed E-state index contributed by atoms with van der Waals surface area (Å²) < 4.78 is 30.8. The summed E-state index contributed by atoms with van der Waals surface area (Å²) in [5.74, 6) is -1.36. The van der Waals surface area contributed by atoms with E-state index in [1.54, 1.807) is 36.4 Å². The number of anilines is 2. The zero-order valence-electron chi connectivity index (χ0n) is 17.0. The maximum absolute atomic E-state index is 12.0. The molecule has 2 aromatic rings. The zero-order chi connectivity index (χ0) is 22.1. The van der Waals surface area contributed by atoms with Crippen molar-refractivity contribution in [2.24, 2.45) is 0 Å². The first-order chi connectivity index (χ1) is 14.9. The van der Waals surface area contributed by atoms with Crippen LogP contribution in [0.2, 0.25) is 0 Å². The van der Waals surface area contributed by atoms with Crippen LogP contribution in [0.4, 0.5) is 11.4 Å². The molecule has 2 aromatic carbocycles. The number of rotatable bonds is 9. The van der Waals surface area contributed by atoms with Crippen LogP contribution >= 0.6 is 0 Å². The highest BCUT2D eigenvalue weighted by Crippen LogP contribution is 2.21. The second-order valence-corrected chi connectivity index (χ2v) is 8.68. The van der Waals surface area contributed by atoms with Crippen molar-refractivity contribution in [3.63, 3.8) is 0 Å². The molecule has 1 fully saturated rings. The molecule has 0 aliphatic carbocycles. The number of ether oxygens (including phenoxy) is 1. The Bertz CT molecular complexity index is 1010. The van der Waals surface area contributed by atoms with Crippen molar-refractivity contribution in [1.82, 2.24) is 4.72 Å². The highest BCUT2D eigenvalue weighted by atomic mass is 32.2. The van der Waals surface area contributed by atoms with E-state index in [9.17, 15) is 18.0 Å². The molecule has 2 N–H and O–H groups in total. The van der Waals surface area contributed by atoms with Crippen LogP contribution in [-0.4, -0.2) is 46.5 Å². The van der Waals surface area contributed by atoms with Gasteiger partial charge in [0.1, 0.15) is 6.54 Å². The van der Waals surface area contributed by atoms with Gasteiger partial charge >= 0.3 is 5.97 Å². The van der Waals surface area contributed by atoms with Crippen LogP contribution in [0, 0.1) is 0 Å². The van der Waals surface area contributed by atoms with Crippen molar-refractivity contribution in [2.75, 3.05) is 36.5 Å². The molecular formula is C22H25N3O5S. The smallest absolute Gasteiger partial charge is 0.321 e. The lowest BCUT2D eigenvalue weighted by molar-refractivity contribution is -0.146. The number of amides is 1. The van der Waals surface area contributed by atoms with Crippen molar-refractivity contribution in [1.29, 1.82) is 0 Å². The average Bonchev–Trinajstić information content (AvgIpc) is 3.31. The Balaban J connectivity index is 1.38. The van der Waals surface area contributed by atoms with E-state index in [1.807, 2.05) is 18.2 Å². The molecule has 1 aliphatic heterocycles. The molecule has 0 saturated carbocycles. The number of sulfonamides is 1. The minimum absolute atomic E-state index is 0.505. The molecule has 164 valence electrons. The van der Waals surface area contributed by atoms with Crippen LogP contribution in [0.25, 0.3) is 6.08 Å². The fourth-order valence-electron chi connectivity index (χ4n) is 3.06. The van der Waals surface area contributed by atoms with E-state index >= 15 is 0 Å². The second-order valence-electron chi connectivity index (χ2n) is 7.03. The summed E-state index contributed by atoms with van der Waals surface area (Å²) in [5.41, 5.74) is 2.41. The van der Waals surface area contributed by atoms with E-state index in [2.05, 4.69) is 14.9 Å². The van der Waals surface area contributed by atoms with Gasteiger partial charge in [0.05, 0.1) is 0 Å². The molecular weight excluding hydrogens is 418 g/mol. The minimum atomic E-state index is -3.81.